The Morgan fingerprint density at radius 1 is 1.36 bits per heavy atom. The van der Waals surface area contributed by atoms with Crippen LogP contribution in [0, 0.1) is 6.92 Å². The van der Waals surface area contributed by atoms with E-state index in [4.69, 9.17) is 16.3 Å². The number of hydrogen-bond acceptors (Lipinski definition) is 5. The van der Waals surface area contributed by atoms with Gasteiger partial charge in [-0.05, 0) is 25.5 Å². The van der Waals surface area contributed by atoms with E-state index in [9.17, 15) is 14.4 Å². The van der Waals surface area contributed by atoms with Crippen molar-refractivity contribution in [2.24, 2.45) is 0 Å². The maximum absolute atomic E-state index is 13.0. The van der Waals surface area contributed by atoms with E-state index in [0.29, 0.717) is 5.65 Å². The number of pyridine rings is 1. The normalized spacial score (nSPS) is 17.3. The van der Waals surface area contributed by atoms with Crippen LogP contribution in [-0.4, -0.2) is 28.5 Å². The van der Waals surface area contributed by atoms with Gasteiger partial charge < -0.3 is 15.4 Å². The molecule has 0 fully saturated rings. The van der Waals surface area contributed by atoms with Gasteiger partial charge in [-0.2, -0.15) is 0 Å². The van der Waals surface area contributed by atoms with E-state index in [1.54, 1.807) is 32.2 Å². The summed E-state index contributed by atoms with van der Waals surface area (Å²) in [5, 5.41) is 4.95. The molecule has 2 amide bonds. The van der Waals surface area contributed by atoms with E-state index in [0.717, 1.165) is 5.56 Å². The molecule has 0 aromatic carbocycles. The summed E-state index contributed by atoms with van der Waals surface area (Å²) in [6.07, 6.45) is 1.55. The monoisotopic (exact) mass is 362 g/mol. The maximum Gasteiger partial charge on any atom is 0.337 e. The van der Waals surface area contributed by atoms with E-state index in [1.165, 1.54) is 11.5 Å². The van der Waals surface area contributed by atoms with Crippen molar-refractivity contribution in [1.82, 2.24) is 20.0 Å². The summed E-state index contributed by atoms with van der Waals surface area (Å²) >= 11 is 6.25. The lowest BCUT2D eigenvalue weighted by Gasteiger charge is -2.27. The molecular formula is C16H15ClN4O4. The highest BCUT2D eigenvalue weighted by atomic mass is 35.5. The number of methoxy groups -OCH3 is 1. The molecule has 0 radical (unpaired) electrons. The molecule has 0 saturated carbocycles. The average Bonchev–Trinajstić information content (AvgIpc) is 2.55. The molecule has 0 spiro atoms. The Hall–Kier alpha value is -2.87. The number of fused-ring (bicyclic) bond motifs is 1. The Bertz CT molecular complexity index is 996. The zero-order valence-corrected chi connectivity index (χ0v) is 14.5. The highest BCUT2D eigenvalue weighted by molar-refractivity contribution is 6.30. The molecule has 0 unspecified atom stereocenters. The minimum Gasteiger partial charge on any atom is -0.466 e. The van der Waals surface area contributed by atoms with Gasteiger partial charge in [-0.1, -0.05) is 17.7 Å². The van der Waals surface area contributed by atoms with Crippen molar-refractivity contribution in [2.75, 3.05) is 7.11 Å². The number of aromatic nitrogens is 2. The largest absolute Gasteiger partial charge is 0.466 e. The molecule has 2 N–H and O–H groups in total. The number of ether oxygens (including phenoxy) is 1. The van der Waals surface area contributed by atoms with Gasteiger partial charge in [0.15, 0.2) is 0 Å². The fraction of sp³-hybridized carbons (Fsp3) is 0.250. The number of aryl methyl sites for hydroxylation is 1. The van der Waals surface area contributed by atoms with Gasteiger partial charge in [0.2, 0.25) is 0 Å². The summed E-state index contributed by atoms with van der Waals surface area (Å²) in [4.78, 5) is 41.3. The number of amides is 2. The minimum atomic E-state index is -1.06. The van der Waals surface area contributed by atoms with Crippen LogP contribution in [0.4, 0.5) is 4.79 Å². The first-order chi connectivity index (χ1) is 11.8. The van der Waals surface area contributed by atoms with Crippen molar-refractivity contribution in [1.29, 1.82) is 0 Å². The Morgan fingerprint density at radius 3 is 2.76 bits per heavy atom. The van der Waals surface area contributed by atoms with Gasteiger partial charge in [-0.15, -0.1) is 0 Å². The molecule has 130 valence electrons. The fourth-order valence-electron chi connectivity index (χ4n) is 2.82. The molecular weight excluding hydrogens is 348 g/mol. The van der Waals surface area contributed by atoms with Gasteiger partial charge in [0, 0.05) is 11.9 Å². The Balaban J connectivity index is 2.31. The van der Waals surface area contributed by atoms with Crippen molar-refractivity contribution in [3.05, 3.63) is 56.2 Å². The highest BCUT2D eigenvalue weighted by Crippen LogP contribution is 2.29. The molecule has 3 rings (SSSR count). The minimum absolute atomic E-state index is 0.000586. The number of nitrogens with zero attached hydrogens (tertiary/aromatic N) is 2. The first-order valence-electron chi connectivity index (χ1n) is 7.39. The van der Waals surface area contributed by atoms with Crippen LogP contribution in [0.3, 0.4) is 0 Å². The zero-order valence-electron chi connectivity index (χ0n) is 13.7. The Morgan fingerprint density at radius 2 is 2.08 bits per heavy atom. The summed E-state index contributed by atoms with van der Waals surface area (Å²) in [6.45, 7) is 3.34. The predicted molar refractivity (Wildman–Crippen MR) is 90.3 cm³/mol. The summed E-state index contributed by atoms with van der Waals surface area (Å²) in [5.41, 5.74) is 1.07. The third-order valence-corrected chi connectivity index (χ3v) is 4.29. The molecule has 1 aliphatic rings. The van der Waals surface area contributed by atoms with Crippen LogP contribution in [0.25, 0.3) is 5.65 Å². The second-order valence-electron chi connectivity index (χ2n) is 5.57. The number of urea groups is 1. The van der Waals surface area contributed by atoms with Crippen LogP contribution < -0.4 is 16.2 Å². The first-order valence-corrected chi connectivity index (χ1v) is 7.77. The quantitative estimate of drug-likeness (QED) is 0.622. The van der Waals surface area contributed by atoms with Crippen LogP contribution in [0.1, 0.15) is 24.1 Å². The Kier molecular flexibility index (Phi) is 4.22. The maximum atomic E-state index is 13.0. The number of carbonyl (C=O) groups is 2. The fourth-order valence-corrected chi connectivity index (χ4v) is 3.09. The number of carbonyl (C=O) groups excluding carboxylic acids is 2. The second-order valence-corrected chi connectivity index (χ2v) is 5.93. The van der Waals surface area contributed by atoms with Crippen molar-refractivity contribution < 1.29 is 14.3 Å². The van der Waals surface area contributed by atoms with Crippen LogP contribution >= 0.6 is 11.6 Å². The van der Waals surface area contributed by atoms with E-state index >= 15 is 0 Å². The lowest BCUT2D eigenvalue weighted by Crippen LogP contribution is -2.47. The van der Waals surface area contributed by atoms with Crippen molar-refractivity contribution in [3.63, 3.8) is 0 Å². The molecule has 0 aliphatic carbocycles. The molecule has 0 bridgehead atoms. The summed E-state index contributed by atoms with van der Waals surface area (Å²) in [7, 11) is 1.21. The average molecular weight is 363 g/mol. The number of rotatable bonds is 2. The molecule has 1 atom stereocenters. The molecule has 3 heterocycles. The summed E-state index contributed by atoms with van der Waals surface area (Å²) in [6, 6.07) is 1.88. The zero-order chi connectivity index (χ0) is 18.3. The molecule has 2 aromatic rings. The van der Waals surface area contributed by atoms with Crippen LogP contribution in [0.15, 0.2) is 34.4 Å². The van der Waals surface area contributed by atoms with Gasteiger partial charge in [0.05, 0.1) is 24.3 Å². The summed E-state index contributed by atoms with van der Waals surface area (Å²) in [5.74, 6) is -0.681. The van der Waals surface area contributed by atoms with Gasteiger partial charge in [0.1, 0.15) is 10.8 Å². The lowest BCUT2D eigenvalue weighted by atomic mass is 9.97. The molecule has 9 heteroatoms. The third-order valence-electron chi connectivity index (χ3n) is 4.00. The van der Waals surface area contributed by atoms with E-state index < -0.39 is 23.6 Å². The lowest BCUT2D eigenvalue weighted by molar-refractivity contribution is -0.136. The standard InChI is InChI=1S/C16H15ClN4O4/c1-7-5-4-6-21-13(7)20-12(17)10(14(21)22)11-9(15(23)25-3)8(2)18-16(24)19-11/h4-6,11H,1-3H3,(H2,18,19,24)/t11-/m1/s1. The first kappa shape index (κ1) is 17.0. The van der Waals surface area contributed by atoms with Crippen LogP contribution in [-0.2, 0) is 9.53 Å². The van der Waals surface area contributed by atoms with Gasteiger partial charge in [0.25, 0.3) is 5.56 Å². The molecule has 0 saturated heterocycles. The van der Waals surface area contributed by atoms with E-state index in [-0.39, 0.29) is 22.0 Å². The molecule has 25 heavy (non-hydrogen) atoms. The van der Waals surface area contributed by atoms with Gasteiger partial charge in [-0.3, -0.25) is 9.20 Å². The van der Waals surface area contributed by atoms with Crippen molar-refractivity contribution in [2.45, 2.75) is 19.9 Å². The predicted octanol–water partition coefficient (Wildman–Crippen LogP) is 1.46. The second kappa shape index (κ2) is 6.21. The van der Waals surface area contributed by atoms with Crippen LogP contribution in [0.2, 0.25) is 5.15 Å². The highest BCUT2D eigenvalue weighted by Gasteiger charge is 2.35. The van der Waals surface area contributed by atoms with E-state index in [2.05, 4.69) is 15.6 Å². The van der Waals surface area contributed by atoms with Crippen molar-refractivity contribution in [3.8, 4) is 0 Å². The number of esters is 1. The SMILES string of the molecule is COC(=O)C1=C(C)NC(=O)N[C@H]1c1c(Cl)nc2c(C)cccn2c1=O. The summed E-state index contributed by atoms with van der Waals surface area (Å²) < 4.78 is 6.10. The molecule has 8 nitrogen and oxygen atoms in total. The smallest absolute Gasteiger partial charge is 0.337 e. The molecule has 1 aliphatic heterocycles. The topological polar surface area (TPSA) is 102 Å². The number of hydrogen-bond donors (Lipinski definition) is 2. The number of allylic oxidation sites excluding steroid dienone is 1. The third kappa shape index (κ3) is 2.74. The van der Waals surface area contributed by atoms with Crippen molar-refractivity contribution >= 4 is 29.2 Å². The number of halogens is 1. The number of nitrogens with one attached hydrogen (secondary N) is 2. The molecule has 2 aromatic heterocycles. The van der Waals surface area contributed by atoms with E-state index in [1.807, 2.05) is 0 Å². The van der Waals surface area contributed by atoms with Gasteiger partial charge >= 0.3 is 12.0 Å². The Labute approximate surface area is 147 Å². The van der Waals surface area contributed by atoms with Gasteiger partial charge in [-0.25, -0.2) is 14.6 Å². The van der Waals surface area contributed by atoms with Crippen LogP contribution in [0.5, 0.6) is 0 Å².